The van der Waals surface area contributed by atoms with Gasteiger partial charge in [-0.3, -0.25) is 15.0 Å². The van der Waals surface area contributed by atoms with Gasteiger partial charge in [-0.05, 0) is 78.1 Å². The molecule has 2 heterocycles. The molecule has 2 amide bonds. The minimum absolute atomic E-state index is 0.00146. The number of H-pyrrole nitrogens is 1. The van der Waals surface area contributed by atoms with E-state index in [2.05, 4.69) is 15.2 Å². The zero-order valence-electron chi connectivity index (χ0n) is 21.2. The number of benzene rings is 3. The van der Waals surface area contributed by atoms with Crippen LogP contribution in [0.2, 0.25) is 0 Å². The van der Waals surface area contributed by atoms with Crippen molar-refractivity contribution in [2.45, 2.75) is 19.0 Å². The number of primary amides is 1. The first-order valence-corrected chi connectivity index (χ1v) is 12.4. The van der Waals surface area contributed by atoms with Crippen molar-refractivity contribution in [2.24, 2.45) is 5.73 Å². The summed E-state index contributed by atoms with van der Waals surface area (Å²) < 4.78 is 45.7. The lowest BCUT2D eigenvalue weighted by Gasteiger charge is -2.22. The number of hydrogen-bond donors (Lipinski definition) is 3. The summed E-state index contributed by atoms with van der Waals surface area (Å²) in [5.74, 6) is 0.896. The SMILES string of the molecule is NC(=O)N(c1ccc(-c2ccc(OCCCc3cccnc3)c3[nH]nc(N)c23)cc1)c1cccc(C(F)(F)F)c1. The van der Waals surface area contributed by atoms with E-state index in [0.717, 1.165) is 46.6 Å². The normalized spacial score (nSPS) is 11.5. The predicted molar refractivity (Wildman–Crippen MR) is 147 cm³/mol. The number of nitrogens with one attached hydrogen (secondary N) is 1. The summed E-state index contributed by atoms with van der Waals surface area (Å²) >= 11 is 0. The van der Waals surface area contributed by atoms with Gasteiger partial charge in [0.15, 0.2) is 5.82 Å². The number of aromatic amines is 1. The number of carbonyl (C=O) groups excluding carboxylic acids is 1. The van der Waals surface area contributed by atoms with E-state index < -0.39 is 17.8 Å². The van der Waals surface area contributed by atoms with Gasteiger partial charge < -0.3 is 16.2 Å². The van der Waals surface area contributed by atoms with Gasteiger partial charge in [-0.1, -0.05) is 24.3 Å². The Kier molecular flexibility index (Phi) is 7.28. The van der Waals surface area contributed by atoms with E-state index in [4.69, 9.17) is 16.2 Å². The number of hydrogen-bond acceptors (Lipinski definition) is 5. The van der Waals surface area contributed by atoms with Gasteiger partial charge in [-0.15, -0.1) is 0 Å². The maximum Gasteiger partial charge on any atom is 0.416 e. The third kappa shape index (κ3) is 5.53. The second-order valence-corrected chi connectivity index (χ2v) is 9.05. The van der Waals surface area contributed by atoms with Gasteiger partial charge in [0.25, 0.3) is 0 Å². The van der Waals surface area contributed by atoms with Crippen LogP contribution in [0.5, 0.6) is 5.75 Å². The highest BCUT2D eigenvalue weighted by Gasteiger charge is 2.31. The van der Waals surface area contributed by atoms with Crippen LogP contribution in [0.3, 0.4) is 0 Å². The van der Waals surface area contributed by atoms with Gasteiger partial charge in [-0.25, -0.2) is 4.79 Å². The van der Waals surface area contributed by atoms with Crippen molar-refractivity contribution in [3.63, 3.8) is 0 Å². The number of nitrogens with two attached hydrogens (primary N) is 2. The number of carbonyl (C=O) groups is 1. The van der Waals surface area contributed by atoms with Crippen molar-refractivity contribution in [1.29, 1.82) is 0 Å². The molecule has 8 nitrogen and oxygen atoms in total. The number of pyridine rings is 1. The van der Waals surface area contributed by atoms with Crippen LogP contribution in [0.15, 0.2) is 85.2 Å². The Morgan fingerprint density at radius 2 is 1.80 bits per heavy atom. The van der Waals surface area contributed by atoms with E-state index in [1.54, 1.807) is 30.5 Å². The Hall–Kier alpha value is -5.06. The van der Waals surface area contributed by atoms with Crippen LogP contribution in [0.25, 0.3) is 22.0 Å². The number of alkyl halides is 3. The average molecular weight is 547 g/mol. The first-order chi connectivity index (χ1) is 19.2. The average Bonchev–Trinajstić information content (AvgIpc) is 3.34. The molecule has 0 spiro atoms. The summed E-state index contributed by atoms with van der Waals surface area (Å²) in [4.78, 5) is 17.4. The molecule has 2 aromatic heterocycles. The second-order valence-electron chi connectivity index (χ2n) is 9.05. The van der Waals surface area contributed by atoms with E-state index in [9.17, 15) is 18.0 Å². The molecule has 0 aliphatic rings. The van der Waals surface area contributed by atoms with Gasteiger partial charge in [0.2, 0.25) is 0 Å². The van der Waals surface area contributed by atoms with E-state index >= 15 is 0 Å². The number of halogens is 3. The molecule has 0 aliphatic carbocycles. The number of fused-ring (bicyclic) bond motifs is 1. The number of ether oxygens (including phenoxy) is 1. The molecule has 0 fully saturated rings. The maximum atomic E-state index is 13.2. The summed E-state index contributed by atoms with van der Waals surface area (Å²) in [5, 5.41) is 7.76. The second kappa shape index (κ2) is 11.0. The Morgan fingerprint density at radius 1 is 1.00 bits per heavy atom. The lowest BCUT2D eigenvalue weighted by molar-refractivity contribution is -0.137. The maximum absolute atomic E-state index is 13.2. The third-order valence-electron chi connectivity index (χ3n) is 6.39. The zero-order chi connectivity index (χ0) is 28.3. The summed E-state index contributed by atoms with van der Waals surface area (Å²) in [6, 6.07) is 17.8. The smallest absolute Gasteiger partial charge is 0.416 e. The number of amides is 2. The fourth-order valence-corrected chi connectivity index (χ4v) is 4.51. The predicted octanol–water partition coefficient (Wildman–Crippen LogP) is 6.45. The Balaban J connectivity index is 1.39. The summed E-state index contributed by atoms with van der Waals surface area (Å²) in [6.45, 7) is 0.482. The lowest BCUT2D eigenvalue weighted by atomic mass is 10.0. The summed E-state index contributed by atoms with van der Waals surface area (Å²) in [5.41, 5.74) is 14.4. The number of urea groups is 1. The molecule has 0 radical (unpaired) electrons. The van der Waals surface area contributed by atoms with E-state index in [1.165, 1.54) is 12.1 Å². The first kappa shape index (κ1) is 26.5. The monoisotopic (exact) mass is 546 g/mol. The zero-order valence-corrected chi connectivity index (χ0v) is 21.2. The van der Waals surface area contributed by atoms with Crippen molar-refractivity contribution in [3.05, 3.63) is 96.3 Å². The molecule has 5 rings (SSSR count). The number of aromatic nitrogens is 3. The van der Waals surface area contributed by atoms with Crippen LogP contribution >= 0.6 is 0 Å². The molecule has 0 saturated heterocycles. The molecule has 5 N–H and O–H groups in total. The quantitative estimate of drug-likeness (QED) is 0.193. The molecular weight excluding hydrogens is 521 g/mol. The molecule has 3 aromatic carbocycles. The van der Waals surface area contributed by atoms with E-state index in [0.29, 0.717) is 28.9 Å². The topological polar surface area (TPSA) is 123 Å². The van der Waals surface area contributed by atoms with Crippen LogP contribution < -0.4 is 21.1 Å². The largest absolute Gasteiger partial charge is 0.491 e. The molecule has 0 aliphatic heterocycles. The van der Waals surface area contributed by atoms with Gasteiger partial charge in [0.1, 0.15) is 11.3 Å². The van der Waals surface area contributed by atoms with E-state index in [1.807, 2.05) is 30.5 Å². The fraction of sp³-hybridized carbons (Fsp3) is 0.138. The highest BCUT2D eigenvalue weighted by Crippen LogP contribution is 2.38. The molecule has 204 valence electrons. The van der Waals surface area contributed by atoms with Crippen LogP contribution in [0.1, 0.15) is 17.5 Å². The standard InChI is InChI=1S/C29H25F3N6O2/c30-29(31,32)20-6-1-7-22(16-20)38(28(34)39)21-10-8-19(9-11-21)23-12-13-24(26-25(23)27(33)37-36-26)40-15-3-5-18-4-2-14-35-17-18/h1-2,4,6-14,16-17H,3,5,15H2,(H2,34,39)(H3,33,36,37). The Bertz CT molecular complexity index is 1640. The number of nitrogens with zero attached hydrogens (tertiary/aromatic N) is 3. The van der Waals surface area contributed by atoms with Crippen LogP contribution in [-0.4, -0.2) is 27.8 Å². The number of nitrogen functional groups attached to an aromatic ring is 1. The van der Waals surface area contributed by atoms with Gasteiger partial charge in [0, 0.05) is 12.4 Å². The van der Waals surface area contributed by atoms with Crippen LogP contribution in [0.4, 0.5) is 35.2 Å². The van der Waals surface area contributed by atoms with Crippen LogP contribution in [-0.2, 0) is 12.6 Å². The molecule has 0 saturated carbocycles. The van der Waals surface area contributed by atoms with Crippen molar-refractivity contribution in [1.82, 2.24) is 15.2 Å². The minimum atomic E-state index is -4.56. The molecule has 0 unspecified atom stereocenters. The fourth-order valence-electron chi connectivity index (χ4n) is 4.51. The van der Waals surface area contributed by atoms with E-state index in [-0.39, 0.29) is 11.5 Å². The number of rotatable bonds is 8. The summed E-state index contributed by atoms with van der Waals surface area (Å²) in [7, 11) is 0. The minimum Gasteiger partial charge on any atom is -0.491 e. The number of aryl methyl sites for hydroxylation is 1. The van der Waals surface area contributed by atoms with Crippen molar-refractivity contribution >= 4 is 34.1 Å². The molecule has 0 atom stereocenters. The number of anilines is 3. The molecular formula is C29H25F3N6O2. The Morgan fingerprint density at radius 3 is 2.50 bits per heavy atom. The van der Waals surface area contributed by atoms with Crippen molar-refractivity contribution < 1.29 is 22.7 Å². The van der Waals surface area contributed by atoms with Gasteiger partial charge in [-0.2, -0.15) is 18.3 Å². The van der Waals surface area contributed by atoms with Crippen molar-refractivity contribution in [3.8, 4) is 16.9 Å². The van der Waals surface area contributed by atoms with Gasteiger partial charge >= 0.3 is 12.2 Å². The molecule has 0 bridgehead atoms. The van der Waals surface area contributed by atoms with Crippen molar-refractivity contribution in [2.75, 3.05) is 17.2 Å². The Labute approximate surface area is 227 Å². The molecule has 40 heavy (non-hydrogen) atoms. The summed E-state index contributed by atoms with van der Waals surface area (Å²) in [6.07, 6.45) is 0.626. The highest BCUT2D eigenvalue weighted by molar-refractivity contribution is 6.05. The van der Waals surface area contributed by atoms with Gasteiger partial charge in [0.05, 0.1) is 28.9 Å². The van der Waals surface area contributed by atoms with Crippen LogP contribution in [0, 0.1) is 0 Å². The molecule has 5 aromatic rings. The highest BCUT2D eigenvalue weighted by atomic mass is 19.4. The molecule has 11 heteroatoms. The lowest BCUT2D eigenvalue weighted by Crippen LogP contribution is -2.31. The first-order valence-electron chi connectivity index (χ1n) is 12.4. The third-order valence-corrected chi connectivity index (χ3v) is 6.39.